The first-order chi connectivity index (χ1) is 15.2. The van der Waals surface area contributed by atoms with E-state index in [2.05, 4.69) is 65.9 Å². The lowest BCUT2D eigenvalue weighted by Crippen LogP contribution is -2.41. The SMILES string of the molecule is CCNC(=NCc1cccc(COCc2ccccc2)c1)NCCN(C)CCCOC.I. The maximum Gasteiger partial charge on any atom is 0.191 e. The summed E-state index contributed by atoms with van der Waals surface area (Å²) in [5.41, 5.74) is 3.53. The van der Waals surface area contributed by atoms with Gasteiger partial charge in [0.15, 0.2) is 5.96 Å². The highest BCUT2D eigenvalue weighted by Crippen LogP contribution is 2.10. The maximum atomic E-state index is 5.86. The molecule has 7 heteroatoms. The number of likely N-dealkylation sites (N-methyl/N-ethyl adjacent to an activating group) is 1. The third-order valence-electron chi connectivity index (χ3n) is 4.81. The normalized spacial score (nSPS) is 11.3. The van der Waals surface area contributed by atoms with Crippen LogP contribution < -0.4 is 10.6 Å². The molecule has 2 aromatic rings. The molecule has 0 saturated heterocycles. The molecule has 0 aliphatic carbocycles. The standard InChI is InChI=1S/C25H38N4O2.HI/c1-4-26-25(27-14-16-29(2)15-9-17-30-3)28-19-23-12-8-13-24(18-23)21-31-20-22-10-6-5-7-11-22;/h5-8,10-13,18H,4,9,14-17,19-21H2,1-3H3,(H2,26,27,28);1H. The van der Waals surface area contributed by atoms with Crippen LogP contribution >= 0.6 is 24.0 Å². The Labute approximate surface area is 210 Å². The lowest BCUT2D eigenvalue weighted by atomic mass is 10.1. The quantitative estimate of drug-likeness (QED) is 0.160. The summed E-state index contributed by atoms with van der Waals surface area (Å²) >= 11 is 0. The summed E-state index contributed by atoms with van der Waals surface area (Å²) in [4.78, 5) is 7.04. The second-order valence-corrected chi connectivity index (χ2v) is 7.57. The van der Waals surface area contributed by atoms with Gasteiger partial charge >= 0.3 is 0 Å². The van der Waals surface area contributed by atoms with Crippen LogP contribution in [0.3, 0.4) is 0 Å². The average Bonchev–Trinajstić information content (AvgIpc) is 2.79. The summed E-state index contributed by atoms with van der Waals surface area (Å²) in [6, 6.07) is 18.7. The van der Waals surface area contributed by atoms with Crippen molar-refractivity contribution in [1.82, 2.24) is 15.5 Å². The Morgan fingerprint density at radius 1 is 0.938 bits per heavy atom. The third-order valence-corrected chi connectivity index (χ3v) is 4.81. The van der Waals surface area contributed by atoms with E-state index in [0.717, 1.165) is 45.2 Å². The molecule has 0 aliphatic rings. The second-order valence-electron chi connectivity index (χ2n) is 7.57. The lowest BCUT2D eigenvalue weighted by Gasteiger charge is -2.18. The number of benzene rings is 2. The number of rotatable bonds is 14. The number of nitrogens with zero attached hydrogens (tertiary/aromatic N) is 2. The minimum Gasteiger partial charge on any atom is -0.385 e. The van der Waals surface area contributed by atoms with Gasteiger partial charge in [0.05, 0.1) is 19.8 Å². The largest absolute Gasteiger partial charge is 0.385 e. The van der Waals surface area contributed by atoms with E-state index in [1.54, 1.807) is 7.11 Å². The fourth-order valence-corrected chi connectivity index (χ4v) is 3.15. The first-order valence-electron chi connectivity index (χ1n) is 11.1. The zero-order chi connectivity index (χ0) is 22.2. The number of ether oxygens (including phenoxy) is 2. The highest BCUT2D eigenvalue weighted by atomic mass is 127. The number of methoxy groups -OCH3 is 1. The molecule has 0 spiro atoms. The van der Waals surface area contributed by atoms with Crippen molar-refractivity contribution in [2.45, 2.75) is 33.1 Å². The molecule has 0 amide bonds. The van der Waals surface area contributed by atoms with Gasteiger partial charge in [0.25, 0.3) is 0 Å². The van der Waals surface area contributed by atoms with Gasteiger partial charge in [0.2, 0.25) is 0 Å². The summed E-state index contributed by atoms with van der Waals surface area (Å²) in [6.07, 6.45) is 1.05. The summed E-state index contributed by atoms with van der Waals surface area (Å²) in [5, 5.41) is 6.74. The Kier molecular flexibility index (Phi) is 15.8. The Morgan fingerprint density at radius 2 is 1.66 bits per heavy atom. The first kappa shape index (κ1) is 28.4. The summed E-state index contributed by atoms with van der Waals surface area (Å²) in [6.45, 7) is 8.41. The fraction of sp³-hybridized carbons (Fsp3) is 0.480. The van der Waals surface area contributed by atoms with Gasteiger partial charge in [0.1, 0.15) is 0 Å². The summed E-state index contributed by atoms with van der Waals surface area (Å²) in [7, 11) is 3.88. The van der Waals surface area contributed by atoms with Crippen molar-refractivity contribution in [2.24, 2.45) is 4.99 Å². The number of aliphatic imine (C=N–C) groups is 1. The molecule has 2 N–H and O–H groups in total. The highest BCUT2D eigenvalue weighted by Gasteiger charge is 2.02. The van der Waals surface area contributed by atoms with Crippen LogP contribution in [-0.4, -0.2) is 57.8 Å². The lowest BCUT2D eigenvalue weighted by molar-refractivity contribution is 0.107. The van der Waals surface area contributed by atoms with Crippen LogP contribution in [0, 0.1) is 0 Å². The van der Waals surface area contributed by atoms with Crippen molar-refractivity contribution in [3.63, 3.8) is 0 Å². The molecule has 0 unspecified atom stereocenters. The molecule has 0 bridgehead atoms. The van der Waals surface area contributed by atoms with Gasteiger partial charge in [0, 0.05) is 39.9 Å². The molecule has 178 valence electrons. The van der Waals surface area contributed by atoms with Crippen molar-refractivity contribution in [3.05, 3.63) is 71.3 Å². The predicted molar refractivity (Wildman–Crippen MR) is 144 cm³/mol. The third kappa shape index (κ3) is 12.4. The number of hydrogen-bond acceptors (Lipinski definition) is 4. The van der Waals surface area contributed by atoms with E-state index in [1.165, 1.54) is 16.7 Å². The van der Waals surface area contributed by atoms with Crippen LogP contribution in [0.5, 0.6) is 0 Å². The Balaban J connectivity index is 0.00000512. The zero-order valence-corrected chi connectivity index (χ0v) is 22.0. The molecule has 0 aromatic heterocycles. The Bertz CT molecular complexity index is 759. The van der Waals surface area contributed by atoms with Gasteiger partial charge in [-0.2, -0.15) is 0 Å². The van der Waals surface area contributed by atoms with Crippen LogP contribution in [-0.2, 0) is 29.2 Å². The van der Waals surface area contributed by atoms with Gasteiger partial charge < -0.3 is 25.0 Å². The zero-order valence-electron chi connectivity index (χ0n) is 19.7. The van der Waals surface area contributed by atoms with Gasteiger partial charge in [-0.3, -0.25) is 0 Å². The van der Waals surface area contributed by atoms with Crippen molar-refractivity contribution in [1.29, 1.82) is 0 Å². The van der Waals surface area contributed by atoms with Crippen molar-refractivity contribution in [2.75, 3.05) is 46.9 Å². The number of halogens is 1. The maximum absolute atomic E-state index is 5.86. The van der Waals surface area contributed by atoms with Gasteiger partial charge in [-0.25, -0.2) is 4.99 Å². The average molecular weight is 555 g/mol. The molecule has 0 radical (unpaired) electrons. The summed E-state index contributed by atoms with van der Waals surface area (Å²) < 4.78 is 11.0. The van der Waals surface area contributed by atoms with E-state index < -0.39 is 0 Å². The first-order valence-corrected chi connectivity index (χ1v) is 11.1. The van der Waals surface area contributed by atoms with E-state index >= 15 is 0 Å². The highest BCUT2D eigenvalue weighted by molar-refractivity contribution is 14.0. The fourth-order valence-electron chi connectivity index (χ4n) is 3.15. The van der Waals surface area contributed by atoms with Gasteiger partial charge in [-0.05, 0) is 37.1 Å². The minimum absolute atomic E-state index is 0. The molecule has 0 heterocycles. The number of hydrogen-bond donors (Lipinski definition) is 2. The molecular weight excluding hydrogens is 515 g/mol. The smallest absolute Gasteiger partial charge is 0.191 e. The van der Waals surface area contributed by atoms with Gasteiger partial charge in [-0.15, -0.1) is 24.0 Å². The van der Waals surface area contributed by atoms with E-state index in [-0.39, 0.29) is 24.0 Å². The molecular formula is C25H39IN4O2. The molecule has 0 aliphatic heterocycles. The minimum atomic E-state index is 0. The number of guanidine groups is 1. The van der Waals surface area contributed by atoms with Gasteiger partial charge in [-0.1, -0.05) is 54.6 Å². The Hall–Kier alpha value is -1.68. The molecule has 32 heavy (non-hydrogen) atoms. The topological polar surface area (TPSA) is 58.1 Å². The molecule has 2 rings (SSSR count). The van der Waals surface area contributed by atoms with Crippen LogP contribution in [0.4, 0.5) is 0 Å². The van der Waals surface area contributed by atoms with E-state index in [0.29, 0.717) is 19.8 Å². The van der Waals surface area contributed by atoms with Crippen molar-refractivity contribution >= 4 is 29.9 Å². The van der Waals surface area contributed by atoms with Crippen LogP contribution in [0.2, 0.25) is 0 Å². The summed E-state index contributed by atoms with van der Waals surface area (Å²) in [5.74, 6) is 0.846. The second kappa shape index (κ2) is 17.8. The predicted octanol–water partition coefficient (Wildman–Crippen LogP) is 4.04. The van der Waals surface area contributed by atoms with Crippen molar-refractivity contribution < 1.29 is 9.47 Å². The van der Waals surface area contributed by atoms with Crippen LogP contribution in [0.15, 0.2) is 59.6 Å². The molecule has 6 nitrogen and oxygen atoms in total. The van der Waals surface area contributed by atoms with Crippen LogP contribution in [0.1, 0.15) is 30.0 Å². The van der Waals surface area contributed by atoms with E-state index in [1.807, 2.05) is 18.2 Å². The van der Waals surface area contributed by atoms with Crippen LogP contribution in [0.25, 0.3) is 0 Å². The molecule has 2 aromatic carbocycles. The van der Waals surface area contributed by atoms with E-state index in [9.17, 15) is 0 Å². The molecule has 0 atom stereocenters. The van der Waals surface area contributed by atoms with E-state index in [4.69, 9.17) is 14.5 Å². The molecule has 0 saturated carbocycles. The monoisotopic (exact) mass is 554 g/mol. The molecule has 0 fully saturated rings. The Morgan fingerprint density at radius 3 is 2.41 bits per heavy atom. The number of nitrogens with one attached hydrogen (secondary N) is 2. The van der Waals surface area contributed by atoms with Crippen molar-refractivity contribution in [3.8, 4) is 0 Å².